The second-order valence-corrected chi connectivity index (χ2v) is 13.9. The van der Waals surface area contributed by atoms with Gasteiger partial charge in [0, 0.05) is 12.7 Å². The zero-order valence-electron chi connectivity index (χ0n) is 17.1. The van der Waals surface area contributed by atoms with Gasteiger partial charge >= 0.3 is 10.1 Å². The molecule has 0 aromatic heterocycles. The molecule has 1 N–H and O–H groups in total. The van der Waals surface area contributed by atoms with Crippen molar-refractivity contribution in [1.82, 2.24) is 0 Å². The maximum atomic E-state index is 13.6. The minimum Gasteiger partial charge on any atom is -0.379 e. The van der Waals surface area contributed by atoms with Gasteiger partial charge in [0.15, 0.2) is 0 Å². The van der Waals surface area contributed by atoms with Crippen LogP contribution in [-0.2, 0) is 33.1 Å². The predicted molar refractivity (Wildman–Crippen MR) is 152 cm³/mol. The second kappa shape index (κ2) is 10.0. The summed E-state index contributed by atoms with van der Waals surface area (Å²) in [6, 6.07) is 10.2. The highest BCUT2D eigenvalue weighted by atomic mass is 127. The minimum absolute atomic E-state index is 0.102. The molecular formula is C22H19I3O6S2. The van der Waals surface area contributed by atoms with Crippen LogP contribution in [0.1, 0.15) is 36.8 Å². The summed E-state index contributed by atoms with van der Waals surface area (Å²) >= 11 is 6.22. The Morgan fingerprint density at radius 2 is 1.30 bits per heavy atom. The molecule has 0 fully saturated rings. The lowest BCUT2D eigenvalue weighted by Gasteiger charge is -2.21. The lowest BCUT2D eigenvalue weighted by Crippen LogP contribution is -2.17. The number of fused-ring (bicyclic) bond motifs is 2. The van der Waals surface area contributed by atoms with E-state index in [1.54, 1.807) is 0 Å². The number of hydrogen-bond acceptors (Lipinski definition) is 5. The number of hydrogen-bond donors (Lipinski definition) is 1. The summed E-state index contributed by atoms with van der Waals surface area (Å²) in [6.07, 6.45) is 4.35. The standard InChI is InChI=1S/C22H19I3O6S2/c23-19-15-9-5-6-10-16(15)20(24)22(21(19)25)33(29,30)31-17-11-12-18(32(26,27)28)14-8-4-2-1-3-7-13(14)17/h5-6,9-12H,1-4,7-8H2,(H,26,27,28). The average Bonchev–Trinajstić information content (AvgIpc) is 2.71. The van der Waals surface area contributed by atoms with Crippen LogP contribution in [0.25, 0.3) is 10.8 Å². The number of rotatable bonds is 4. The van der Waals surface area contributed by atoms with Gasteiger partial charge in [0.25, 0.3) is 10.1 Å². The first-order valence-electron chi connectivity index (χ1n) is 10.1. The predicted octanol–water partition coefficient (Wildman–Crippen LogP) is 6.33. The molecule has 11 heteroatoms. The average molecular weight is 824 g/mol. The second-order valence-electron chi connectivity index (χ2n) is 7.76. The molecule has 0 saturated carbocycles. The molecular weight excluding hydrogens is 805 g/mol. The van der Waals surface area contributed by atoms with Gasteiger partial charge in [0.2, 0.25) is 0 Å². The molecule has 0 radical (unpaired) electrons. The van der Waals surface area contributed by atoms with E-state index in [1.165, 1.54) is 12.1 Å². The van der Waals surface area contributed by atoms with Crippen molar-refractivity contribution in [2.45, 2.75) is 48.3 Å². The molecule has 0 aliphatic heterocycles. The van der Waals surface area contributed by atoms with Gasteiger partial charge in [-0.25, -0.2) is 0 Å². The maximum absolute atomic E-state index is 13.6. The summed E-state index contributed by atoms with van der Waals surface area (Å²) in [5, 5.41) is 1.79. The van der Waals surface area contributed by atoms with Gasteiger partial charge in [-0.1, -0.05) is 37.1 Å². The van der Waals surface area contributed by atoms with Gasteiger partial charge < -0.3 is 4.18 Å². The fourth-order valence-electron chi connectivity index (χ4n) is 4.16. The van der Waals surface area contributed by atoms with Crippen molar-refractivity contribution in [3.05, 3.63) is 58.2 Å². The lowest BCUT2D eigenvalue weighted by molar-refractivity contribution is 0.474. The Labute approximate surface area is 234 Å². The lowest BCUT2D eigenvalue weighted by atomic mass is 9.92. The van der Waals surface area contributed by atoms with Crippen molar-refractivity contribution in [1.29, 1.82) is 0 Å². The molecule has 33 heavy (non-hydrogen) atoms. The molecule has 3 aromatic carbocycles. The summed E-state index contributed by atoms with van der Waals surface area (Å²) in [5.74, 6) is 0.120. The van der Waals surface area contributed by atoms with Gasteiger partial charge in [-0.15, -0.1) is 0 Å². The van der Waals surface area contributed by atoms with Crippen LogP contribution < -0.4 is 4.18 Å². The molecule has 0 saturated heterocycles. The highest BCUT2D eigenvalue weighted by Gasteiger charge is 2.30. The Morgan fingerprint density at radius 3 is 1.91 bits per heavy atom. The molecule has 0 spiro atoms. The van der Waals surface area contributed by atoms with Gasteiger partial charge in [-0.05, 0) is 122 Å². The Morgan fingerprint density at radius 1 is 0.727 bits per heavy atom. The molecule has 0 amide bonds. The van der Waals surface area contributed by atoms with E-state index < -0.39 is 20.2 Å². The van der Waals surface area contributed by atoms with E-state index in [1.807, 2.05) is 69.4 Å². The monoisotopic (exact) mass is 824 g/mol. The zero-order valence-corrected chi connectivity index (χ0v) is 25.3. The zero-order chi connectivity index (χ0) is 24.0. The van der Waals surface area contributed by atoms with E-state index in [0.717, 1.165) is 40.0 Å². The molecule has 0 heterocycles. The Kier molecular flexibility index (Phi) is 7.85. The summed E-state index contributed by atoms with van der Waals surface area (Å²) in [7, 11) is -8.66. The number of benzene rings is 3. The van der Waals surface area contributed by atoms with Crippen LogP contribution in [-0.4, -0.2) is 21.4 Å². The van der Waals surface area contributed by atoms with Crippen LogP contribution in [0.4, 0.5) is 0 Å². The van der Waals surface area contributed by atoms with Crippen molar-refractivity contribution < 1.29 is 25.6 Å². The largest absolute Gasteiger partial charge is 0.379 e. The van der Waals surface area contributed by atoms with Crippen LogP contribution in [0.15, 0.2) is 46.2 Å². The summed E-state index contributed by atoms with van der Waals surface area (Å²) in [4.78, 5) is -0.0705. The molecule has 1 aliphatic rings. The Bertz CT molecular complexity index is 1470. The first kappa shape index (κ1) is 25.9. The van der Waals surface area contributed by atoms with Gasteiger partial charge in [0.1, 0.15) is 10.6 Å². The molecule has 6 nitrogen and oxygen atoms in total. The maximum Gasteiger partial charge on any atom is 0.341 e. The first-order chi connectivity index (χ1) is 15.5. The number of halogens is 3. The van der Waals surface area contributed by atoms with Crippen molar-refractivity contribution in [3.63, 3.8) is 0 Å². The SMILES string of the molecule is O=S(=O)(O)c1ccc(OS(=O)(=O)c2c(I)c(I)c3ccccc3c2I)c2c1CCCCCC2. The summed E-state index contributed by atoms with van der Waals surface area (Å²) in [5.41, 5.74) is 0.983. The highest BCUT2D eigenvalue weighted by Crippen LogP contribution is 2.39. The third kappa shape index (κ3) is 5.17. The molecule has 0 bridgehead atoms. The van der Waals surface area contributed by atoms with Crippen LogP contribution in [0.5, 0.6) is 5.75 Å². The molecule has 1 aliphatic carbocycles. The van der Waals surface area contributed by atoms with E-state index in [9.17, 15) is 21.4 Å². The van der Waals surface area contributed by atoms with E-state index >= 15 is 0 Å². The molecule has 4 rings (SSSR count). The fraction of sp³-hybridized carbons (Fsp3) is 0.273. The van der Waals surface area contributed by atoms with Gasteiger partial charge in [-0.2, -0.15) is 16.8 Å². The van der Waals surface area contributed by atoms with Crippen LogP contribution in [0, 0.1) is 10.7 Å². The van der Waals surface area contributed by atoms with Gasteiger partial charge in [0.05, 0.1) is 8.47 Å². The third-order valence-electron chi connectivity index (χ3n) is 5.67. The molecule has 176 valence electrons. The summed E-state index contributed by atoms with van der Waals surface area (Å²) < 4.78 is 68.4. The van der Waals surface area contributed by atoms with Crippen molar-refractivity contribution in [3.8, 4) is 5.75 Å². The Balaban J connectivity index is 1.89. The van der Waals surface area contributed by atoms with E-state index in [2.05, 4.69) is 22.6 Å². The summed E-state index contributed by atoms with van der Waals surface area (Å²) in [6.45, 7) is 0. The minimum atomic E-state index is -4.44. The topological polar surface area (TPSA) is 97.7 Å². The van der Waals surface area contributed by atoms with Crippen LogP contribution in [0.2, 0.25) is 0 Å². The molecule has 3 aromatic rings. The van der Waals surface area contributed by atoms with E-state index in [4.69, 9.17) is 4.18 Å². The molecule has 0 atom stereocenters. The van der Waals surface area contributed by atoms with Crippen molar-refractivity contribution in [2.75, 3.05) is 0 Å². The smallest absolute Gasteiger partial charge is 0.341 e. The van der Waals surface area contributed by atoms with Crippen LogP contribution >= 0.6 is 67.8 Å². The quantitative estimate of drug-likeness (QED) is 0.143. The van der Waals surface area contributed by atoms with E-state index in [0.29, 0.717) is 31.1 Å². The fourth-order valence-corrected chi connectivity index (χ4v) is 10.4. The van der Waals surface area contributed by atoms with E-state index in [-0.39, 0.29) is 15.5 Å². The van der Waals surface area contributed by atoms with Crippen molar-refractivity contribution in [2.24, 2.45) is 0 Å². The highest BCUT2D eigenvalue weighted by molar-refractivity contribution is 14.1. The molecule has 0 unspecified atom stereocenters. The normalized spacial score (nSPS) is 15.0. The van der Waals surface area contributed by atoms with Crippen LogP contribution in [0.3, 0.4) is 0 Å². The first-order valence-corrected chi connectivity index (χ1v) is 16.2. The third-order valence-corrected chi connectivity index (χ3v) is 13.0. The van der Waals surface area contributed by atoms with Crippen molar-refractivity contribution >= 4 is 98.8 Å². The Hall–Kier alpha value is -0.230. The van der Waals surface area contributed by atoms with Gasteiger partial charge in [-0.3, -0.25) is 4.55 Å².